The third-order valence-electron chi connectivity index (χ3n) is 4.90. The number of aliphatic hydroxyl groups is 1. The number of ether oxygens (including phenoxy) is 2. The third kappa shape index (κ3) is 6.36. The van der Waals surface area contributed by atoms with Crippen molar-refractivity contribution in [1.82, 2.24) is 10.0 Å². The molecule has 0 radical (unpaired) electrons. The second-order valence-corrected chi connectivity index (χ2v) is 8.93. The summed E-state index contributed by atoms with van der Waals surface area (Å²) in [6.07, 6.45) is 1.65. The summed E-state index contributed by atoms with van der Waals surface area (Å²) in [6.45, 7) is -0.203. The van der Waals surface area contributed by atoms with Crippen LogP contribution >= 0.6 is 0 Å². The highest BCUT2D eigenvalue weighted by molar-refractivity contribution is 7.89. The van der Waals surface area contributed by atoms with Crippen molar-refractivity contribution in [2.24, 2.45) is 0 Å². The number of hydrogen-bond acceptors (Lipinski definition) is 6. The van der Waals surface area contributed by atoms with Crippen LogP contribution in [0.3, 0.4) is 0 Å². The molecule has 0 aromatic heterocycles. The van der Waals surface area contributed by atoms with E-state index in [4.69, 9.17) is 9.47 Å². The van der Waals surface area contributed by atoms with Crippen LogP contribution in [0.2, 0.25) is 0 Å². The molecule has 0 bridgehead atoms. The fourth-order valence-corrected chi connectivity index (χ4v) is 4.44. The number of nitrogens with one attached hydrogen (secondary N) is 2. The molecule has 1 amide bonds. The normalized spacial score (nSPS) is 20.7. The largest absolute Gasteiger partial charge is 0.497 e. The molecule has 2 aromatic rings. The number of halogens is 1. The van der Waals surface area contributed by atoms with Crippen LogP contribution in [0.1, 0.15) is 12.0 Å². The van der Waals surface area contributed by atoms with Gasteiger partial charge in [-0.15, -0.1) is 0 Å². The first-order valence-electron chi connectivity index (χ1n) is 9.93. The molecule has 0 saturated carbocycles. The van der Waals surface area contributed by atoms with E-state index in [1.807, 2.05) is 0 Å². The van der Waals surface area contributed by atoms with Gasteiger partial charge in [0.1, 0.15) is 17.7 Å². The Morgan fingerprint density at radius 2 is 1.94 bits per heavy atom. The van der Waals surface area contributed by atoms with Crippen LogP contribution in [-0.4, -0.2) is 51.4 Å². The smallest absolute Gasteiger partial charge is 0.241 e. The Bertz CT molecular complexity index is 1060. The highest BCUT2D eigenvalue weighted by Crippen LogP contribution is 2.20. The van der Waals surface area contributed by atoms with Crippen LogP contribution in [0.15, 0.2) is 65.6 Å². The maximum absolute atomic E-state index is 12.9. The minimum Gasteiger partial charge on any atom is -0.497 e. The van der Waals surface area contributed by atoms with Gasteiger partial charge in [-0.25, -0.2) is 17.5 Å². The fourth-order valence-electron chi connectivity index (χ4n) is 3.18. The lowest BCUT2D eigenvalue weighted by atomic mass is 10.1. The number of methoxy groups -OCH3 is 1. The molecule has 1 aliphatic rings. The summed E-state index contributed by atoms with van der Waals surface area (Å²) >= 11 is 0. The molecule has 0 spiro atoms. The van der Waals surface area contributed by atoms with Crippen molar-refractivity contribution in [2.45, 2.75) is 36.1 Å². The van der Waals surface area contributed by atoms with Gasteiger partial charge in [-0.2, -0.15) is 0 Å². The maximum Gasteiger partial charge on any atom is 0.241 e. The SMILES string of the molecule is COc1cccc(S(=O)(=O)N[C@@H]2C=C[C@H](CC(=O)NCc3ccc(F)cc3)O[C@@H]2CO)c1. The third-order valence-corrected chi connectivity index (χ3v) is 6.35. The van der Waals surface area contributed by atoms with Gasteiger partial charge in [0.25, 0.3) is 0 Å². The van der Waals surface area contributed by atoms with Crippen LogP contribution in [0.4, 0.5) is 4.39 Å². The van der Waals surface area contributed by atoms with Gasteiger partial charge in [-0.1, -0.05) is 30.4 Å². The van der Waals surface area contributed by atoms with Gasteiger partial charge < -0.3 is 19.9 Å². The standard InChI is InChI=1S/C22H25FN2O6S/c1-30-17-3-2-4-19(11-17)32(28,29)25-20-10-9-18(31-21(20)14-26)12-22(27)24-13-15-5-7-16(23)8-6-15/h2-11,18,20-21,25-26H,12-14H2,1H3,(H,24,27)/t18-,20-,21-/m1/s1. The molecule has 1 aliphatic heterocycles. The first-order chi connectivity index (χ1) is 15.3. The van der Waals surface area contributed by atoms with E-state index in [9.17, 15) is 22.7 Å². The average Bonchev–Trinajstić information content (AvgIpc) is 2.79. The molecule has 3 atom stereocenters. The van der Waals surface area contributed by atoms with Gasteiger partial charge in [0, 0.05) is 12.6 Å². The molecule has 172 valence electrons. The zero-order valence-electron chi connectivity index (χ0n) is 17.4. The summed E-state index contributed by atoms with van der Waals surface area (Å²) in [5, 5.41) is 12.4. The van der Waals surface area contributed by atoms with Crippen molar-refractivity contribution in [3.05, 3.63) is 72.1 Å². The molecule has 3 rings (SSSR count). The summed E-state index contributed by atoms with van der Waals surface area (Å²) in [6, 6.07) is 11.0. The van der Waals surface area contributed by atoms with E-state index in [0.29, 0.717) is 5.75 Å². The van der Waals surface area contributed by atoms with Crippen molar-refractivity contribution in [3.8, 4) is 5.75 Å². The number of sulfonamides is 1. The van der Waals surface area contributed by atoms with Gasteiger partial charge in [-0.3, -0.25) is 4.79 Å². The Balaban J connectivity index is 1.59. The number of aliphatic hydroxyl groups excluding tert-OH is 1. The van der Waals surface area contributed by atoms with Gasteiger partial charge in [0.05, 0.1) is 37.2 Å². The van der Waals surface area contributed by atoms with Crippen molar-refractivity contribution in [1.29, 1.82) is 0 Å². The minimum atomic E-state index is -3.90. The zero-order valence-corrected chi connectivity index (χ0v) is 18.2. The van der Waals surface area contributed by atoms with E-state index in [1.165, 1.54) is 31.4 Å². The minimum absolute atomic E-state index is 0.0104. The lowest BCUT2D eigenvalue weighted by Gasteiger charge is -2.31. The van der Waals surface area contributed by atoms with Gasteiger partial charge in [0.15, 0.2) is 0 Å². The molecule has 3 N–H and O–H groups in total. The maximum atomic E-state index is 12.9. The molecule has 2 aromatic carbocycles. The predicted octanol–water partition coefficient (Wildman–Crippen LogP) is 1.50. The van der Waals surface area contributed by atoms with Crippen LogP contribution in [0.25, 0.3) is 0 Å². The molecular weight excluding hydrogens is 439 g/mol. The van der Waals surface area contributed by atoms with Crippen molar-refractivity contribution < 1.29 is 32.2 Å². The lowest BCUT2D eigenvalue weighted by molar-refractivity contribution is -0.125. The quantitative estimate of drug-likeness (QED) is 0.485. The number of amides is 1. The second-order valence-electron chi connectivity index (χ2n) is 7.21. The highest BCUT2D eigenvalue weighted by Gasteiger charge is 2.31. The van der Waals surface area contributed by atoms with Crippen LogP contribution in [0.5, 0.6) is 5.75 Å². The van der Waals surface area contributed by atoms with Crippen molar-refractivity contribution in [2.75, 3.05) is 13.7 Å². The molecule has 0 saturated heterocycles. The topological polar surface area (TPSA) is 114 Å². The predicted molar refractivity (Wildman–Crippen MR) is 115 cm³/mol. The van der Waals surface area contributed by atoms with Gasteiger partial charge >= 0.3 is 0 Å². The first kappa shape index (κ1) is 23.9. The van der Waals surface area contributed by atoms with E-state index in [1.54, 1.807) is 36.4 Å². The van der Waals surface area contributed by atoms with E-state index >= 15 is 0 Å². The van der Waals surface area contributed by atoms with Crippen LogP contribution < -0.4 is 14.8 Å². The van der Waals surface area contributed by atoms with Crippen LogP contribution in [0, 0.1) is 5.82 Å². The molecule has 32 heavy (non-hydrogen) atoms. The monoisotopic (exact) mass is 464 g/mol. The van der Waals surface area contributed by atoms with Crippen molar-refractivity contribution in [3.63, 3.8) is 0 Å². The lowest BCUT2D eigenvalue weighted by Crippen LogP contribution is -2.49. The summed E-state index contributed by atoms with van der Waals surface area (Å²) in [5.41, 5.74) is 0.750. The summed E-state index contributed by atoms with van der Waals surface area (Å²) < 4.78 is 51.6. The molecule has 0 aliphatic carbocycles. The Hall–Kier alpha value is -2.79. The Morgan fingerprint density at radius 3 is 2.62 bits per heavy atom. The van der Waals surface area contributed by atoms with E-state index in [2.05, 4.69) is 10.0 Å². The van der Waals surface area contributed by atoms with E-state index in [0.717, 1.165) is 5.56 Å². The van der Waals surface area contributed by atoms with E-state index in [-0.39, 0.29) is 29.6 Å². The Labute approximate surface area is 186 Å². The number of benzene rings is 2. The highest BCUT2D eigenvalue weighted by atomic mass is 32.2. The number of carbonyl (C=O) groups excluding carboxylic acids is 1. The van der Waals surface area contributed by atoms with Gasteiger partial charge in [0.2, 0.25) is 15.9 Å². The van der Waals surface area contributed by atoms with Gasteiger partial charge in [-0.05, 0) is 29.8 Å². The Kier molecular flexibility index (Phi) is 7.97. The van der Waals surface area contributed by atoms with Crippen LogP contribution in [-0.2, 0) is 26.1 Å². The summed E-state index contributed by atoms with van der Waals surface area (Å²) in [4.78, 5) is 12.2. The molecule has 0 unspecified atom stereocenters. The van der Waals surface area contributed by atoms with E-state index < -0.39 is 34.9 Å². The number of hydrogen-bond donors (Lipinski definition) is 3. The van der Waals surface area contributed by atoms with Crippen molar-refractivity contribution >= 4 is 15.9 Å². The molecule has 0 fully saturated rings. The Morgan fingerprint density at radius 1 is 1.19 bits per heavy atom. The summed E-state index contributed by atoms with van der Waals surface area (Å²) in [7, 11) is -2.46. The number of carbonyl (C=O) groups is 1. The average molecular weight is 465 g/mol. The molecular formula is C22H25FN2O6S. The summed E-state index contributed by atoms with van der Waals surface area (Å²) in [5.74, 6) is -0.253. The number of rotatable bonds is 9. The zero-order chi connectivity index (χ0) is 23.1. The first-order valence-corrected chi connectivity index (χ1v) is 11.4. The molecule has 10 heteroatoms. The fraction of sp³-hybridized carbons (Fsp3) is 0.318. The second kappa shape index (κ2) is 10.7. The molecule has 8 nitrogen and oxygen atoms in total. The molecule has 1 heterocycles.